The van der Waals surface area contributed by atoms with Crippen LogP contribution in [-0.2, 0) is 21.8 Å². The molecule has 10 heteroatoms. The molecular formula is C25H35N5O4S. The number of methoxy groups -OCH3 is 1. The summed E-state index contributed by atoms with van der Waals surface area (Å²) in [6.07, 6.45) is 3.40. The number of amides is 1. The van der Waals surface area contributed by atoms with E-state index in [4.69, 9.17) is 10.00 Å². The van der Waals surface area contributed by atoms with Crippen LogP contribution < -0.4 is 10.0 Å². The van der Waals surface area contributed by atoms with Gasteiger partial charge in [-0.15, -0.1) is 0 Å². The predicted octanol–water partition coefficient (Wildman–Crippen LogP) is 3.93. The molecule has 1 fully saturated rings. The lowest BCUT2D eigenvalue weighted by atomic mass is 9.84. The number of hydrogen-bond donors (Lipinski definition) is 2. The second-order valence-electron chi connectivity index (χ2n) is 10.2. The molecule has 2 N–H and O–H groups in total. The first-order chi connectivity index (χ1) is 16.4. The minimum atomic E-state index is -4.03. The van der Waals surface area contributed by atoms with Gasteiger partial charge in [0, 0.05) is 26.1 Å². The van der Waals surface area contributed by atoms with E-state index in [2.05, 4.69) is 15.1 Å². The van der Waals surface area contributed by atoms with Crippen LogP contribution in [0.5, 0.6) is 0 Å². The molecule has 0 saturated heterocycles. The average molecular weight is 502 g/mol. The first kappa shape index (κ1) is 26.7. The minimum Gasteiger partial charge on any atom is -0.381 e. The number of anilines is 1. The molecule has 0 bridgehead atoms. The number of ether oxygens (including phenoxy) is 1. The van der Waals surface area contributed by atoms with Gasteiger partial charge in [-0.1, -0.05) is 20.8 Å². The Kier molecular flexibility index (Phi) is 7.92. The van der Waals surface area contributed by atoms with Gasteiger partial charge in [-0.2, -0.15) is 10.4 Å². The zero-order valence-electron chi connectivity index (χ0n) is 21.3. The highest BCUT2D eigenvalue weighted by Gasteiger charge is 2.33. The van der Waals surface area contributed by atoms with Gasteiger partial charge in [-0.3, -0.25) is 14.2 Å². The van der Waals surface area contributed by atoms with Gasteiger partial charge in [0.15, 0.2) is 0 Å². The Morgan fingerprint density at radius 1 is 1.20 bits per heavy atom. The van der Waals surface area contributed by atoms with Crippen molar-refractivity contribution in [2.24, 2.45) is 12.5 Å². The quantitative estimate of drug-likeness (QED) is 0.592. The molecule has 1 amide bonds. The summed E-state index contributed by atoms with van der Waals surface area (Å²) < 4.78 is 36.2. The number of carbonyl (C=O) groups excluding carboxylic acids is 1. The van der Waals surface area contributed by atoms with Gasteiger partial charge in [-0.25, -0.2) is 8.42 Å². The van der Waals surface area contributed by atoms with E-state index in [9.17, 15) is 13.2 Å². The van der Waals surface area contributed by atoms with E-state index in [1.165, 1.54) is 28.9 Å². The van der Waals surface area contributed by atoms with Gasteiger partial charge in [0.1, 0.15) is 11.4 Å². The number of nitriles is 1. The van der Waals surface area contributed by atoms with Gasteiger partial charge in [-0.05, 0) is 62.3 Å². The summed E-state index contributed by atoms with van der Waals surface area (Å²) in [6, 6.07) is 7.47. The number of benzene rings is 1. The van der Waals surface area contributed by atoms with Crippen LogP contribution >= 0.6 is 0 Å². The molecule has 1 aromatic carbocycles. The summed E-state index contributed by atoms with van der Waals surface area (Å²) in [5.41, 5.74) is 1.11. The van der Waals surface area contributed by atoms with Crippen molar-refractivity contribution >= 4 is 21.6 Å². The molecule has 1 atom stereocenters. The Morgan fingerprint density at radius 3 is 2.31 bits per heavy atom. The van der Waals surface area contributed by atoms with Crippen molar-refractivity contribution < 1.29 is 17.9 Å². The van der Waals surface area contributed by atoms with Gasteiger partial charge in [0.2, 0.25) is 0 Å². The normalized spacial score (nSPS) is 19.6. The fraction of sp³-hybridized carbons (Fsp3) is 0.560. The van der Waals surface area contributed by atoms with Crippen LogP contribution in [0.25, 0.3) is 0 Å². The summed E-state index contributed by atoms with van der Waals surface area (Å²) in [5, 5.41) is 16.7. The third-order valence-electron chi connectivity index (χ3n) is 6.86. The first-order valence-corrected chi connectivity index (χ1v) is 13.3. The van der Waals surface area contributed by atoms with Gasteiger partial charge in [0.25, 0.3) is 15.9 Å². The molecule has 1 aromatic heterocycles. The highest BCUT2D eigenvalue weighted by molar-refractivity contribution is 7.92. The topological polar surface area (TPSA) is 126 Å². The smallest absolute Gasteiger partial charge is 0.271 e. The summed E-state index contributed by atoms with van der Waals surface area (Å²) in [5.74, 6) is -0.398. The average Bonchev–Trinajstić information content (AvgIpc) is 3.13. The van der Waals surface area contributed by atoms with Crippen molar-refractivity contribution in [3.8, 4) is 6.07 Å². The highest BCUT2D eigenvalue weighted by atomic mass is 32.2. The van der Waals surface area contributed by atoms with E-state index in [1.807, 2.05) is 33.8 Å². The molecule has 1 saturated carbocycles. The Bertz CT molecular complexity index is 1200. The summed E-state index contributed by atoms with van der Waals surface area (Å²) >= 11 is 0. The number of nitrogens with zero attached hydrogens (tertiary/aromatic N) is 3. The molecule has 190 valence electrons. The summed E-state index contributed by atoms with van der Waals surface area (Å²) in [7, 11) is -0.682. The lowest BCUT2D eigenvalue weighted by Crippen LogP contribution is -2.42. The SMILES string of the molecule is CO[C@H]1CC[C@@H](c2nn(C)c(C(=O)N[C@@H](C)C(C)(C)C)c2NS(=O)(=O)c2ccc(C#N)cc2)CC1. The van der Waals surface area contributed by atoms with Gasteiger partial charge >= 0.3 is 0 Å². The lowest BCUT2D eigenvalue weighted by Gasteiger charge is -2.28. The molecule has 0 spiro atoms. The van der Waals surface area contributed by atoms with Crippen molar-refractivity contribution in [2.45, 2.75) is 76.3 Å². The molecule has 1 aliphatic carbocycles. The molecule has 0 radical (unpaired) electrons. The van der Waals surface area contributed by atoms with E-state index in [0.717, 1.165) is 25.7 Å². The predicted molar refractivity (Wildman–Crippen MR) is 134 cm³/mol. The maximum Gasteiger partial charge on any atom is 0.271 e. The molecule has 1 aliphatic rings. The van der Waals surface area contributed by atoms with E-state index in [0.29, 0.717) is 11.3 Å². The van der Waals surface area contributed by atoms with Crippen LogP contribution in [0, 0.1) is 16.7 Å². The molecule has 3 rings (SSSR count). The highest BCUT2D eigenvalue weighted by Crippen LogP contribution is 2.39. The van der Waals surface area contributed by atoms with Crippen molar-refractivity contribution in [3.63, 3.8) is 0 Å². The maximum absolute atomic E-state index is 13.4. The zero-order chi connectivity index (χ0) is 26.0. The van der Waals surface area contributed by atoms with Crippen molar-refractivity contribution in [3.05, 3.63) is 41.2 Å². The van der Waals surface area contributed by atoms with Gasteiger partial charge < -0.3 is 10.1 Å². The van der Waals surface area contributed by atoms with Gasteiger partial charge in [0.05, 0.1) is 28.3 Å². The molecular weight excluding hydrogens is 466 g/mol. The number of sulfonamides is 1. The first-order valence-electron chi connectivity index (χ1n) is 11.8. The minimum absolute atomic E-state index is 0.00353. The standard InChI is InChI=1S/C25H35N5O4S/c1-16(25(2,3)4)27-24(31)23-22(29-35(32,33)20-13-7-17(15-26)8-14-20)21(28-30(23)5)18-9-11-19(34-6)12-10-18/h7-8,13-14,16,18-19,29H,9-12H2,1-6H3,(H,27,31)/t16-,18-,19+/m0/s1. The number of aromatic nitrogens is 2. The summed E-state index contributed by atoms with van der Waals surface area (Å²) in [6.45, 7) is 7.99. The fourth-order valence-corrected chi connectivity index (χ4v) is 5.23. The number of carbonyl (C=O) groups is 1. The molecule has 2 aromatic rings. The van der Waals surface area contributed by atoms with Crippen LogP contribution in [-0.4, -0.2) is 43.4 Å². The number of aryl methyl sites for hydroxylation is 1. The maximum atomic E-state index is 13.4. The zero-order valence-corrected chi connectivity index (χ0v) is 22.1. The van der Waals surface area contributed by atoms with Crippen LogP contribution in [0.1, 0.15) is 81.0 Å². The molecule has 0 aliphatic heterocycles. The molecule has 9 nitrogen and oxygen atoms in total. The second-order valence-corrected chi connectivity index (χ2v) is 11.9. The third kappa shape index (κ3) is 6.03. The largest absolute Gasteiger partial charge is 0.381 e. The van der Waals surface area contributed by atoms with E-state index >= 15 is 0 Å². The van der Waals surface area contributed by atoms with Crippen LogP contribution in [0.15, 0.2) is 29.2 Å². The third-order valence-corrected chi connectivity index (χ3v) is 8.23. The number of hydrogen-bond acceptors (Lipinski definition) is 6. The Morgan fingerprint density at radius 2 is 1.80 bits per heavy atom. The van der Waals surface area contributed by atoms with E-state index < -0.39 is 15.9 Å². The van der Waals surface area contributed by atoms with Crippen LogP contribution in [0.2, 0.25) is 0 Å². The van der Waals surface area contributed by atoms with Crippen LogP contribution in [0.3, 0.4) is 0 Å². The Balaban J connectivity index is 2.03. The molecule has 0 unspecified atom stereocenters. The fourth-order valence-electron chi connectivity index (χ4n) is 4.15. The van der Waals surface area contributed by atoms with E-state index in [1.54, 1.807) is 14.2 Å². The van der Waals surface area contributed by atoms with Crippen molar-refractivity contribution in [1.82, 2.24) is 15.1 Å². The van der Waals surface area contributed by atoms with Crippen molar-refractivity contribution in [2.75, 3.05) is 11.8 Å². The molecule has 1 heterocycles. The second kappa shape index (κ2) is 10.4. The Hall–Kier alpha value is -2.90. The van der Waals surface area contributed by atoms with Crippen molar-refractivity contribution in [1.29, 1.82) is 5.26 Å². The van der Waals surface area contributed by atoms with E-state index in [-0.39, 0.29) is 39.8 Å². The van der Waals surface area contributed by atoms with Crippen LogP contribution in [0.4, 0.5) is 5.69 Å². The monoisotopic (exact) mass is 501 g/mol. The number of rotatable bonds is 7. The Labute approximate surface area is 207 Å². The number of nitrogens with one attached hydrogen (secondary N) is 2. The summed E-state index contributed by atoms with van der Waals surface area (Å²) in [4.78, 5) is 13.4. The molecule has 35 heavy (non-hydrogen) atoms. The lowest BCUT2D eigenvalue weighted by molar-refractivity contribution is 0.0655.